The van der Waals surface area contributed by atoms with Crippen LogP contribution < -0.4 is 5.73 Å². The van der Waals surface area contributed by atoms with Crippen molar-refractivity contribution in [2.45, 2.75) is 44.6 Å². The summed E-state index contributed by atoms with van der Waals surface area (Å²) in [6.07, 6.45) is 2.13. The number of hydrogen-bond donors (Lipinski definition) is 1. The van der Waals surface area contributed by atoms with Crippen molar-refractivity contribution in [1.82, 2.24) is 0 Å². The summed E-state index contributed by atoms with van der Waals surface area (Å²) >= 11 is 0. The SMILES string of the molecule is Cc1cc(F)ccc1C(C)(C)C1(N)CC1. The molecule has 15 heavy (non-hydrogen) atoms. The third kappa shape index (κ3) is 1.57. The Hall–Kier alpha value is -0.890. The van der Waals surface area contributed by atoms with Crippen molar-refractivity contribution >= 4 is 0 Å². The molecular weight excluding hydrogens is 189 g/mol. The fourth-order valence-corrected chi connectivity index (χ4v) is 2.36. The van der Waals surface area contributed by atoms with Crippen LogP contribution in [0, 0.1) is 12.7 Å². The van der Waals surface area contributed by atoms with Crippen LogP contribution in [-0.2, 0) is 5.41 Å². The Morgan fingerprint density at radius 2 is 1.93 bits per heavy atom. The molecule has 0 amide bonds. The van der Waals surface area contributed by atoms with Crippen LogP contribution in [0.15, 0.2) is 18.2 Å². The van der Waals surface area contributed by atoms with Gasteiger partial charge >= 0.3 is 0 Å². The maximum Gasteiger partial charge on any atom is 0.123 e. The predicted octanol–water partition coefficient (Wildman–Crippen LogP) is 2.90. The van der Waals surface area contributed by atoms with Gasteiger partial charge in [0, 0.05) is 11.0 Å². The molecule has 0 atom stereocenters. The minimum atomic E-state index is -0.172. The minimum Gasteiger partial charge on any atom is -0.324 e. The van der Waals surface area contributed by atoms with E-state index in [9.17, 15) is 4.39 Å². The van der Waals surface area contributed by atoms with E-state index in [4.69, 9.17) is 5.73 Å². The Bertz CT molecular complexity index is 392. The largest absolute Gasteiger partial charge is 0.324 e. The molecule has 2 heteroatoms. The van der Waals surface area contributed by atoms with E-state index in [1.54, 1.807) is 6.07 Å². The predicted molar refractivity (Wildman–Crippen MR) is 60.3 cm³/mol. The summed E-state index contributed by atoms with van der Waals surface area (Å²) in [7, 11) is 0. The van der Waals surface area contributed by atoms with E-state index in [-0.39, 0.29) is 16.8 Å². The van der Waals surface area contributed by atoms with Gasteiger partial charge in [-0.15, -0.1) is 0 Å². The summed E-state index contributed by atoms with van der Waals surface area (Å²) in [6.45, 7) is 6.26. The monoisotopic (exact) mass is 207 g/mol. The highest BCUT2D eigenvalue weighted by Gasteiger charge is 2.52. The summed E-state index contributed by atoms with van der Waals surface area (Å²) in [5, 5.41) is 0. The number of hydrogen-bond acceptors (Lipinski definition) is 1. The topological polar surface area (TPSA) is 26.0 Å². The fourth-order valence-electron chi connectivity index (χ4n) is 2.36. The lowest BCUT2D eigenvalue weighted by Crippen LogP contribution is -2.43. The van der Waals surface area contributed by atoms with Crippen molar-refractivity contribution in [3.05, 3.63) is 35.1 Å². The average molecular weight is 207 g/mol. The molecule has 1 saturated carbocycles. The van der Waals surface area contributed by atoms with Gasteiger partial charge in [-0.25, -0.2) is 4.39 Å². The number of nitrogens with two attached hydrogens (primary N) is 1. The minimum absolute atomic E-state index is 0.0647. The van der Waals surface area contributed by atoms with Gasteiger partial charge in [0.15, 0.2) is 0 Å². The molecule has 0 unspecified atom stereocenters. The Morgan fingerprint density at radius 1 is 1.33 bits per heavy atom. The van der Waals surface area contributed by atoms with E-state index < -0.39 is 0 Å². The van der Waals surface area contributed by atoms with Gasteiger partial charge in [-0.2, -0.15) is 0 Å². The fraction of sp³-hybridized carbons (Fsp3) is 0.538. The van der Waals surface area contributed by atoms with E-state index in [0.29, 0.717) is 0 Å². The van der Waals surface area contributed by atoms with Gasteiger partial charge < -0.3 is 5.73 Å². The Balaban J connectivity index is 2.45. The molecule has 1 aromatic rings. The van der Waals surface area contributed by atoms with Crippen molar-refractivity contribution in [2.75, 3.05) is 0 Å². The molecule has 1 aromatic carbocycles. The second kappa shape index (κ2) is 3.05. The zero-order chi connectivity index (χ0) is 11.3. The van der Waals surface area contributed by atoms with Crippen LogP contribution in [-0.4, -0.2) is 5.54 Å². The van der Waals surface area contributed by atoms with Crippen LogP contribution in [0.4, 0.5) is 4.39 Å². The molecule has 0 spiro atoms. The quantitative estimate of drug-likeness (QED) is 0.792. The van der Waals surface area contributed by atoms with Crippen molar-refractivity contribution in [2.24, 2.45) is 5.73 Å². The van der Waals surface area contributed by atoms with Crippen LogP contribution in [0.2, 0.25) is 0 Å². The zero-order valence-electron chi connectivity index (χ0n) is 9.60. The molecule has 0 aromatic heterocycles. The first kappa shape index (κ1) is 10.6. The maximum atomic E-state index is 13.0. The molecule has 82 valence electrons. The first-order chi connectivity index (χ1) is 6.87. The van der Waals surface area contributed by atoms with E-state index in [2.05, 4.69) is 13.8 Å². The normalized spacial score (nSPS) is 19.0. The molecule has 2 N–H and O–H groups in total. The molecule has 1 nitrogen and oxygen atoms in total. The summed E-state index contributed by atoms with van der Waals surface area (Å²) in [5.74, 6) is -0.172. The summed E-state index contributed by atoms with van der Waals surface area (Å²) in [6, 6.07) is 4.98. The summed E-state index contributed by atoms with van der Waals surface area (Å²) in [4.78, 5) is 0. The number of aryl methyl sites for hydroxylation is 1. The van der Waals surface area contributed by atoms with Gasteiger partial charge in [0.2, 0.25) is 0 Å². The van der Waals surface area contributed by atoms with E-state index in [0.717, 1.165) is 18.4 Å². The molecule has 0 radical (unpaired) electrons. The van der Waals surface area contributed by atoms with Gasteiger partial charge in [-0.05, 0) is 43.0 Å². The number of benzene rings is 1. The average Bonchev–Trinajstić information content (AvgIpc) is 2.84. The van der Waals surface area contributed by atoms with Gasteiger partial charge in [-0.1, -0.05) is 19.9 Å². The first-order valence-electron chi connectivity index (χ1n) is 5.42. The van der Waals surface area contributed by atoms with E-state index >= 15 is 0 Å². The molecule has 1 aliphatic carbocycles. The molecule has 0 aliphatic heterocycles. The van der Waals surface area contributed by atoms with E-state index in [1.165, 1.54) is 11.6 Å². The second-order valence-corrected chi connectivity index (χ2v) is 5.24. The summed E-state index contributed by atoms with van der Waals surface area (Å²) in [5.41, 5.74) is 8.28. The lowest BCUT2D eigenvalue weighted by molar-refractivity contribution is 0.389. The van der Waals surface area contributed by atoms with Crippen LogP contribution in [0.1, 0.15) is 37.8 Å². The van der Waals surface area contributed by atoms with Crippen molar-refractivity contribution in [3.63, 3.8) is 0 Å². The Kier molecular flexibility index (Phi) is 2.16. The highest BCUT2D eigenvalue weighted by Crippen LogP contribution is 2.49. The third-order valence-electron chi connectivity index (χ3n) is 3.90. The van der Waals surface area contributed by atoms with E-state index in [1.807, 2.05) is 13.0 Å². The summed E-state index contributed by atoms with van der Waals surface area (Å²) < 4.78 is 13.0. The van der Waals surface area contributed by atoms with Crippen molar-refractivity contribution in [3.8, 4) is 0 Å². The highest BCUT2D eigenvalue weighted by atomic mass is 19.1. The number of rotatable bonds is 2. The molecule has 0 heterocycles. The van der Waals surface area contributed by atoms with Gasteiger partial charge in [0.25, 0.3) is 0 Å². The van der Waals surface area contributed by atoms with Gasteiger partial charge in [0.05, 0.1) is 0 Å². The van der Waals surface area contributed by atoms with Crippen LogP contribution >= 0.6 is 0 Å². The van der Waals surface area contributed by atoms with Gasteiger partial charge in [0.1, 0.15) is 5.82 Å². The highest BCUT2D eigenvalue weighted by molar-refractivity contribution is 5.38. The third-order valence-corrected chi connectivity index (χ3v) is 3.90. The zero-order valence-corrected chi connectivity index (χ0v) is 9.60. The smallest absolute Gasteiger partial charge is 0.123 e. The lowest BCUT2D eigenvalue weighted by atomic mass is 9.74. The lowest BCUT2D eigenvalue weighted by Gasteiger charge is -2.33. The van der Waals surface area contributed by atoms with Crippen LogP contribution in [0.5, 0.6) is 0 Å². The Labute approximate surface area is 90.5 Å². The molecule has 0 bridgehead atoms. The van der Waals surface area contributed by atoms with Crippen LogP contribution in [0.25, 0.3) is 0 Å². The standard InChI is InChI=1S/C13H18FN/c1-9-8-10(14)4-5-11(9)12(2,3)13(15)6-7-13/h4-5,8H,6-7,15H2,1-3H3. The second-order valence-electron chi connectivity index (χ2n) is 5.24. The van der Waals surface area contributed by atoms with Crippen molar-refractivity contribution < 1.29 is 4.39 Å². The van der Waals surface area contributed by atoms with Crippen LogP contribution in [0.3, 0.4) is 0 Å². The maximum absolute atomic E-state index is 13.0. The number of halogens is 1. The molecule has 2 rings (SSSR count). The van der Waals surface area contributed by atoms with Crippen molar-refractivity contribution in [1.29, 1.82) is 0 Å². The first-order valence-corrected chi connectivity index (χ1v) is 5.42. The Morgan fingerprint density at radius 3 is 2.40 bits per heavy atom. The molecule has 1 aliphatic rings. The molecule has 1 fully saturated rings. The molecular formula is C13H18FN. The van der Waals surface area contributed by atoms with Gasteiger partial charge in [-0.3, -0.25) is 0 Å². The molecule has 0 saturated heterocycles.